The highest BCUT2D eigenvalue weighted by Crippen LogP contribution is 2.08. The molecule has 0 bridgehead atoms. The first-order valence-corrected chi connectivity index (χ1v) is 9.15. The zero-order chi connectivity index (χ0) is 21.1. The lowest BCUT2D eigenvalue weighted by Crippen LogP contribution is -2.56. The molecule has 0 aromatic carbocycles. The molecule has 0 aliphatic rings. The number of carbonyl (C=O) groups excluding carboxylic acids is 2. The second-order valence-electron chi connectivity index (χ2n) is 6.99. The van der Waals surface area contributed by atoms with E-state index in [0.29, 0.717) is 12.8 Å². The van der Waals surface area contributed by atoms with Crippen molar-refractivity contribution in [3.8, 4) is 0 Å². The van der Waals surface area contributed by atoms with Gasteiger partial charge >= 0.3 is 5.97 Å². The van der Waals surface area contributed by atoms with Crippen molar-refractivity contribution in [1.29, 1.82) is 0 Å². The van der Waals surface area contributed by atoms with Crippen molar-refractivity contribution in [3.63, 3.8) is 0 Å². The molecule has 0 rings (SSSR count). The SMILES string of the molecule is CC[C@H](C)[C@H](N)C(=O)N[C@@H](CCCN=C(N)N)C(=O)N[C@H](C(=O)O)C(C)C. The molecule has 0 aliphatic heterocycles. The number of hydrogen-bond donors (Lipinski definition) is 6. The third-order valence-electron chi connectivity index (χ3n) is 4.37. The highest BCUT2D eigenvalue weighted by Gasteiger charge is 2.30. The molecule has 0 fully saturated rings. The molecule has 156 valence electrons. The minimum Gasteiger partial charge on any atom is -0.480 e. The second kappa shape index (κ2) is 12.1. The van der Waals surface area contributed by atoms with Crippen molar-refractivity contribution in [2.45, 2.75) is 65.1 Å². The lowest BCUT2D eigenvalue weighted by atomic mass is 9.98. The standard InChI is InChI=1S/C17H34N6O4/c1-5-10(4)12(18)15(25)22-11(7-6-8-21-17(19)20)14(24)23-13(9(2)3)16(26)27/h9-13H,5-8,18H2,1-4H3,(H,22,25)(H,23,24)(H,26,27)(H4,19,20,21)/t10-,11-,12-,13-/m0/s1. The van der Waals surface area contributed by atoms with E-state index in [-0.39, 0.29) is 30.8 Å². The van der Waals surface area contributed by atoms with Crippen LogP contribution in [0.3, 0.4) is 0 Å². The Bertz CT molecular complexity index is 534. The molecule has 10 nitrogen and oxygen atoms in total. The highest BCUT2D eigenvalue weighted by atomic mass is 16.4. The van der Waals surface area contributed by atoms with Crippen molar-refractivity contribution in [3.05, 3.63) is 0 Å². The third kappa shape index (κ3) is 9.23. The summed E-state index contributed by atoms with van der Waals surface area (Å²) >= 11 is 0. The van der Waals surface area contributed by atoms with Crippen LogP contribution in [0.25, 0.3) is 0 Å². The van der Waals surface area contributed by atoms with Gasteiger partial charge in [0.15, 0.2) is 5.96 Å². The fraction of sp³-hybridized carbons (Fsp3) is 0.765. The summed E-state index contributed by atoms with van der Waals surface area (Å²) in [5.74, 6) is -2.61. The van der Waals surface area contributed by atoms with Crippen molar-refractivity contribution in [2.24, 2.45) is 34.0 Å². The van der Waals surface area contributed by atoms with Crippen molar-refractivity contribution in [2.75, 3.05) is 6.54 Å². The molecule has 0 aliphatic carbocycles. The molecule has 0 saturated carbocycles. The Hall–Kier alpha value is -2.36. The Morgan fingerprint density at radius 1 is 1.07 bits per heavy atom. The fourth-order valence-corrected chi connectivity index (χ4v) is 2.32. The van der Waals surface area contributed by atoms with Crippen LogP contribution in [0.15, 0.2) is 4.99 Å². The van der Waals surface area contributed by atoms with E-state index in [4.69, 9.17) is 17.2 Å². The minimum atomic E-state index is -1.14. The average Bonchev–Trinajstić information content (AvgIpc) is 2.59. The second-order valence-corrected chi connectivity index (χ2v) is 6.99. The third-order valence-corrected chi connectivity index (χ3v) is 4.37. The van der Waals surface area contributed by atoms with Gasteiger partial charge in [-0.1, -0.05) is 34.1 Å². The van der Waals surface area contributed by atoms with Gasteiger partial charge in [0, 0.05) is 6.54 Å². The number of nitrogens with one attached hydrogen (secondary N) is 2. The smallest absolute Gasteiger partial charge is 0.326 e. The van der Waals surface area contributed by atoms with Crippen LogP contribution in [-0.4, -0.2) is 53.5 Å². The van der Waals surface area contributed by atoms with Gasteiger partial charge in [-0.25, -0.2) is 4.79 Å². The van der Waals surface area contributed by atoms with Crippen LogP contribution in [0, 0.1) is 11.8 Å². The van der Waals surface area contributed by atoms with Gasteiger partial charge in [0.05, 0.1) is 6.04 Å². The summed E-state index contributed by atoms with van der Waals surface area (Å²) in [5, 5.41) is 14.4. The van der Waals surface area contributed by atoms with Crippen LogP contribution >= 0.6 is 0 Å². The van der Waals surface area contributed by atoms with Crippen LogP contribution < -0.4 is 27.8 Å². The first-order valence-electron chi connectivity index (χ1n) is 9.15. The topological polar surface area (TPSA) is 186 Å². The van der Waals surface area contributed by atoms with Gasteiger partial charge in [-0.2, -0.15) is 0 Å². The van der Waals surface area contributed by atoms with E-state index in [2.05, 4.69) is 15.6 Å². The minimum absolute atomic E-state index is 0.0576. The monoisotopic (exact) mass is 386 g/mol. The predicted molar refractivity (Wildman–Crippen MR) is 104 cm³/mol. The van der Waals surface area contributed by atoms with E-state index in [1.54, 1.807) is 13.8 Å². The lowest BCUT2D eigenvalue weighted by molar-refractivity contribution is -0.143. The number of nitrogens with zero attached hydrogens (tertiary/aromatic N) is 1. The van der Waals surface area contributed by atoms with Gasteiger partial charge < -0.3 is 32.9 Å². The molecule has 4 atom stereocenters. The molecular formula is C17H34N6O4. The predicted octanol–water partition coefficient (Wildman–Crippen LogP) is -0.876. The number of nitrogens with two attached hydrogens (primary N) is 3. The van der Waals surface area contributed by atoms with Crippen LogP contribution in [0.5, 0.6) is 0 Å². The Morgan fingerprint density at radius 3 is 2.11 bits per heavy atom. The summed E-state index contributed by atoms with van der Waals surface area (Å²) in [5.41, 5.74) is 16.5. The lowest BCUT2D eigenvalue weighted by Gasteiger charge is -2.25. The number of hydrogen-bond acceptors (Lipinski definition) is 5. The quantitative estimate of drug-likeness (QED) is 0.143. The molecule has 0 unspecified atom stereocenters. The first-order chi connectivity index (χ1) is 12.5. The van der Waals surface area contributed by atoms with Crippen molar-refractivity contribution < 1.29 is 19.5 Å². The molecule has 0 heterocycles. The largest absolute Gasteiger partial charge is 0.480 e. The molecule has 27 heavy (non-hydrogen) atoms. The van der Waals surface area contributed by atoms with E-state index >= 15 is 0 Å². The van der Waals surface area contributed by atoms with E-state index in [9.17, 15) is 19.5 Å². The number of aliphatic carboxylic acids is 1. The van der Waals surface area contributed by atoms with Gasteiger partial charge in [-0.15, -0.1) is 0 Å². The summed E-state index contributed by atoms with van der Waals surface area (Å²) in [6.07, 6.45) is 1.38. The highest BCUT2D eigenvalue weighted by molar-refractivity contribution is 5.91. The maximum atomic E-state index is 12.6. The maximum absolute atomic E-state index is 12.6. The Balaban J connectivity index is 5.15. The molecule has 0 radical (unpaired) electrons. The molecule has 0 aromatic rings. The summed E-state index contributed by atoms with van der Waals surface area (Å²) in [6.45, 7) is 7.41. The zero-order valence-electron chi connectivity index (χ0n) is 16.6. The Morgan fingerprint density at radius 2 is 1.67 bits per heavy atom. The number of carboxylic acids is 1. The van der Waals surface area contributed by atoms with Gasteiger partial charge in [0.25, 0.3) is 0 Å². The van der Waals surface area contributed by atoms with E-state index in [0.717, 1.165) is 0 Å². The number of aliphatic imine (C=N–C) groups is 1. The van der Waals surface area contributed by atoms with E-state index in [1.807, 2.05) is 13.8 Å². The van der Waals surface area contributed by atoms with E-state index in [1.165, 1.54) is 0 Å². The van der Waals surface area contributed by atoms with Crippen molar-refractivity contribution in [1.82, 2.24) is 10.6 Å². The molecule has 9 N–H and O–H groups in total. The van der Waals surface area contributed by atoms with Crippen LogP contribution in [-0.2, 0) is 14.4 Å². The molecule has 2 amide bonds. The Labute approximate surface area is 160 Å². The van der Waals surface area contributed by atoms with Gasteiger partial charge in [0.1, 0.15) is 12.1 Å². The number of amides is 2. The van der Waals surface area contributed by atoms with Gasteiger partial charge in [-0.3, -0.25) is 14.6 Å². The number of guanidine groups is 1. The average molecular weight is 386 g/mol. The summed E-state index contributed by atoms with van der Waals surface area (Å²) in [6, 6.07) is -2.75. The maximum Gasteiger partial charge on any atom is 0.326 e. The van der Waals surface area contributed by atoms with Crippen LogP contribution in [0.2, 0.25) is 0 Å². The molecule has 0 spiro atoms. The fourth-order valence-electron chi connectivity index (χ4n) is 2.32. The summed E-state index contributed by atoms with van der Waals surface area (Å²) in [4.78, 5) is 40.1. The van der Waals surface area contributed by atoms with Crippen LogP contribution in [0.4, 0.5) is 0 Å². The van der Waals surface area contributed by atoms with Crippen LogP contribution in [0.1, 0.15) is 47.0 Å². The molecular weight excluding hydrogens is 352 g/mol. The zero-order valence-corrected chi connectivity index (χ0v) is 16.6. The molecule has 0 saturated heterocycles. The number of carboxylic acid groups (broad SMARTS) is 1. The number of carbonyl (C=O) groups is 3. The summed E-state index contributed by atoms with van der Waals surface area (Å²) in [7, 11) is 0. The van der Waals surface area contributed by atoms with Gasteiger partial charge in [0.2, 0.25) is 11.8 Å². The molecule has 10 heteroatoms. The van der Waals surface area contributed by atoms with E-state index < -0.39 is 35.9 Å². The van der Waals surface area contributed by atoms with Gasteiger partial charge in [-0.05, 0) is 24.7 Å². The van der Waals surface area contributed by atoms with Crippen molar-refractivity contribution >= 4 is 23.7 Å². The Kier molecular flexibility index (Phi) is 11.0. The number of rotatable bonds is 12. The normalized spacial score (nSPS) is 15.3. The first kappa shape index (κ1) is 24.6. The molecule has 0 aromatic heterocycles. The summed E-state index contributed by atoms with van der Waals surface area (Å²) < 4.78 is 0.